The molecule has 0 aliphatic heterocycles. The summed E-state index contributed by atoms with van der Waals surface area (Å²) in [7, 11) is -4.63. The Kier molecular flexibility index (Phi) is 4.15. The van der Waals surface area contributed by atoms with Gasteiger partial charge in [0.1, 0.15) is 10.9 Å². The fourth-order valence-electron chi connectivity index (χ4n) is 1.17. The van der Waals surface area contributed by atoms with Crippen molar-refractivity contribution < 1.29 is 31.5 Å². The van der Waals surface area contributed by atoms with E-state index in [0.717, 1.165) is 19.2 Å². The van der Waals surface area contributed by atoms with Crippen molar-refractivity contribution >= 4 is 16.0 Å². The van der Waals surface area contributed by atoms with Gasteiger partial charge in [0, 0.05) is 6.20 Å². The first-order valence-corrected chi connectivity index (χ1v) is 6.31. The highest BCUT2D eigenvalue weighted by molar-refractivity contribution is 7.89. The maximum absolute atomic E-state index is 12.6. The number of carboxylic acid groups (broad SMARTS) is 1. The summed E-state index contributed by atoms with van der Waals surface area (Å²) in [5.74, 6) is -1.51. The van der Waals surface area contributed by atoms with Crippen LogP contribution >= 0.6 is 0 Å². The van der Waals surface area contributed by atoms with Crippen molar-refractivity contribution in [1.29, 1.82) is 0 Å². The molecule has 2 N–H and O–H groups in total. The highest BCUT2D eigenvalue weighted by atomic mass is 32.2. The van der Waals surface area contributed by atoms with Crippen LogP contribution in [0.25, 0.3) is 0 Å². The lowest BCUT2D eigenvalue weighted by molar-refractivity contribution is -0.143. The van der Waals surface area contributed by atoms with Crippen molar-refractivity contribution in [2.24, 2.45) is 0 Å². The fourth-order valence-corrected chi connectivity index (χ4v) is 2.54. The minimum Gasteiger partial charge on any atom is -0.480 e. The molecule has 0 amide bonds. The normalized spacial score (nSPS) is 14.1. The summed E-state index contributed by atoms with van der Waals surface area (Å²) < 4.78 is 62.8. The van der Waals surface area contributed by atoms with Crippen molar-refractivity contribution in [2.75, 3.05) is 0 Å². The molecule has 19 heavy (non-hydrogen) atoms. The third kappa shape index (κ3) is 3.64. The molecule has 0 aromatic carbocycles. The van der Waals surface area contributed by atoms with Crippen LogP contribution in [0.2, 0.25) is 0 Å². The summed E-state index contributed by atoms with van der Waals surface area (Å²) in [6.07, 6.45) is -4.17. The van der Waals surface area contributed by atoms with Crippen molar-refractivity contribution in [3.05, 3.63) is 24.0 Å². The maximum atomic E-state index is 12.6. The molecule has 0 radical (unpaired) electrons. The third-order valence-electron chi connectivity index (χ3n) is 2.03. The number of nitrogens with one attached hydrogen (secondary N) is 1. The van der Waals surface area contributed by atoms with Crippen molar-refractivity contribution in [3.63, 3.8) is 0 Å². The standard InChI is InChI=1S/C9H9F3N2O4S/c1-5(8(15)16)14-19(17,18)6-3-2-4-13-7(6)9(10,11)12/h2-5,14H,1H3,(H,15,16). The number of pyridine rings is 1. The Labute approximate surface area is 106 Å². The second-order valence-corrected chi connectivity index (χ2v) is 5.21. The predicted octanol–water partition coefficient (Wildman–Crippen LogP) is 0.852. The van der Waals surface area contributed by atoms with Crippen LogP contribution in [0, 0.1) is 0 Å². The Balaban J connectivity index is 3.27. The molecule has 1 atom stereocenters. The Morgan fingerprint density at radius 3 is 2.53 bits per heavy atom. The summed E-state index contributed by atoms with van der Waals surface area (Å²) in [4.78, 5) is 12.4. The van der Waals surface area contributed by atoms with Gasteiger partial charge in [-0.05, 0) is 19.1 Å². The van der Waals surface area contributed by atoms with Gasteiger partial charge in [-0.2, -0.15) is 17.9 Å². The van der Waals surface area contributed by atoms with Crippen LogP contribution < -0.4 is 4.72 Å². The molecule has 1 unspecified atom stereocenters. The zero-order valence-electron chi connectivity index (χ0n) is 9.47. The predicted molar refractivity (Wildman–Crippen MR) is 56.7 cm³/mol. The SMILES string of the molecule is CC(NS(=O)(=O)c1cccnc1C(F)(F)F)C(=O)O. The van der Waals surface area contributed by atoms with E-state index >= 15 is 0 Å². The Morgan fingerprint density at radius 2 is 2.05 bits per heavy atom. The number of hydrogen-bond acceptors (Lipinski definition) is 4. The molecule has 0 spiro atoms. The fraction of sp³-hybridized carbons (Fsp3) is 0.333. The largest absolute Gasteiger partial charge is 0.480 e. The van der Waals surface area contributed by atoms with Crippen molar-refractivity contribution in [2.45, 2.75) is 24.0 Å². The second-order valence-electron chi connectivity index (χ2n) is 3.53. The van der Waals surface area contributed by atoms with Crippen LogP contribution in [0.3, 0.4) is 0 Å². The summed E-state index contributed by atoms with van der Waals surface area (Å²) >= 11 is 0. The van der Waals surface area contributed by atoms with Gasteiger partial charge in [-0.1, -0.05) is 0 Å². The number of carbonyl (C=O) groups is 1. The van der Waals surface area contributed by atoms with E-state index in [0.29, 0.717) is 6.07 Å². The molecule has 0 fully saturated rings. The van der Waals surface area contributed by atoms with Gasteiger partial charge in [0.25, 0.3) is 0 Å². The summed E-state index contributed by atoms with van der Waals surface area (Å²) in [5, 5.41) is 8.56. The molecule has 0 bridgehead atoms. The van der Waals surface area contributed by atoms with E-state index in [-0.39, 0.29) is 0 Å². The smallest absolute Gasteiger partial charge is 0.434 e. The molecule has 106 valence electrons. The number of hydrogen-bond donors (Lipinski definition) is 2. The molecule has 10 heteroatoms. The lowest BCUT2D eigenvalue weighted by Crippen LogP contribution is -2.39. The average Bonchev–Trinajstić information content (AvgIpc) is 2.27. The number of sulfonamides is 1. The molecule has 1 heterocycles. The van der Waals surface area contributed by atoms with Gasteiger partial charge in [0.05, 0.1) is 0 Å². The minimum atomic E-state index is -4.96. The number of halogens is 3. The lowest BCUT2D eigenvalue weighted by atomic mass is 10.3. The van der Waals surface area contributed by atoms with Gasteiger partial charge in [-0.15, -0.1) is 0 Å². The number of aliphatic carboxylic acids is 1. The third-order valence-corrected chi connectivity index (χ3v) is 3.60. The highest BCUT2D eigenvalue weighted by Crippen LogP contribution is 2.32. The molecule has 1 aromatic rings. The van der Waals surface area contributed by atoms with Crippen molar-refractivity contribution in [3.8, 4) is 0 Å². The number of nitrogens with zero attached hydrogens (tertiary/aromatic N) is 1. The summed E-state index contributed by atoms with van der Waals surface area (Å²) in [6, 6.07) is 0.147. The van der Waals surface area contributed by atoms with Crippen LogP contribution in [-0.2, 0) is 21.0 Å². The lowest BCUT2D eigenvalue weighted by Gasteiger charge is -2.14. The van der Waals surface area contributed by atoms with Gasteiger partial charge in [-0.25, -0.2) is 8.42 Å². The van der Waals surface area contributed by atoms with E-state index in [4.69, 9.17) is 5.11 Å². The van der Waals surface area contributed by atoms with Gasteiger partial charge >= 0.3 is 12.1 Å². The van der Waals surface area contributed by atoms with E-state index in [1.165, 1.54) is 0 Å². The molecule has 1 aromatic heterocycles. The van der Waals surface area contributed by atoms with E-state index in [9.17, 15) is 26.4 Å². The average molecular weight is 298 g/mol. The molecule has 6 nitrogen and oxygen atoms in total. The molecule has 1 rings (SSSR count). The topological polar surface area (TPSA) is 96.4 Å². The Morgan fingerprint density at radius 1 is 1.47 bits per heavy atom. The van der Waals surface area contributed by atoms with Crippen molar-refractivity contribution in [1.82, 2.24) is 9.71 Å². The minimum absolute atomic E-state index is 0.701. The highest BCUT2D eigenvalue weighted by Gasteiger charge is 2.39. The number of carboxylic acids is 1. The Bertz CT molecular complexity index is 585. The van der Waals surface area contributed by atoms with E-state index < -0.39 is 38.8 Å². The molecule has 0 saturated carbocycles. The van der Waals surface area contributed by atoms with Crippen LogP contribution in [-0.4, -0.2) is 30.5 Å². The zero-order chi connectivity index (χ0) is 14.8. The Hall–Kier alpha value is -1.68. The molecule has 0 aliphatic rings. The number of aromatic nitrogens is 1. The van der Waals surface area contributed by atoms with Gasteiger partial charge in [0.15, 0.2) is 5.69 Å². The summed E-state index contributed by atoms with van der Waals surface area (Å²) in [5.41, 5.74) is -1.60. The van der Waals surface area contributed by atoms with Crippen LogP contribution in [0.15, 0.2) is 23.2 Å². The summed E-state index contributed by atoms with van der Waals surface area (Å²) in [6.45, 7) is 0.990. The van der Waals surface area contributed by atoms with E-state index in [1.54, 1.807) is 4.72 Å². The van der Waals surface area contributed by atoms with Gasteiger partial charge in [0.2, 0.25) is 10.0 Å². The first-order chi connectivity index (χ1) is 8.55. The van der Waals surface area contributed by atoms with E-state index in [1.807, 2.05) is 0 Å². The molecular weight excluding hydrogens is 289 g/mol. The maximum Gasteiger partial charge on any atom is 0.434 e. The van der Waals surface area contributed by atoms with Crippen LogP contribution in [0.4, 0.5) is 13.2 Å². The van der Waals surface area contributed by atoms with E-state index in [2.05, 4.69) is 4.98 Å². The second kappa shape index (κ2) is 5.13. The van der Waals surface area contributed by atoms with Gasteiger partial charge in [-0.3, -0.25) is 9.78 Å². The van der Waals surface area contributed by atoms with Crippen LogP contribution in [0.1, 0.15) is 12.6 Å². The van der Waals surface area contributed by atoms with Gasteiger partial charge < -0.3 is 5.11 Å². The van der Waals surface area contributed by atoms with Crippen LogP contribution in [0.5, 0.6) is 0 Å². The number of rotatable bonds is 4. The molecular formula is C9H9F3N2O4S. The quantitative estimate of drug-likeness (QED) is 0.859. The zero-order valence-corrected chi connectivity index (χ0v) is 10.3. The first kappa shape index (κ1) is 15.4. The monoisotopic (exact) mass is 298 g/mol. The first-order valence-electron chi connectivity index (χ1n) is 4.83. The molecule has 0 saturated heterocycles. The molecule has 0 aliphatic carbocycles. The number of alkyl halides is 3.